The van der Waals surface area contributed by atoms with Crippen molar-refractivity contribution in [3.8, 4) is 0 Å². The maximum Gasteiger partial charge on any atom is 0.319 e. The van der Waals surface area contributed by atoms with E-state index in [1.54, 1.807) is 0 Å². The van der Waals surface area contributed by atoms with Crippen molar-refractivity contribution in [2.24, 2.45) is 0 Å². The average Bonchev–Trinajstić information content (AvgIpc) is 2.80. The summed E-state index contributed by atoms with van der Waals surface area (Å²) in [5.74, 6) is -0.692. The van der Waals surface area contributed by atoms with Crippen molar-refractivity contribution in [3.05, 3.63) is 38.6 Å². The Morgan fingerprint density at radius 2 is 2.33 bits per heavy atom. The molecule has 0 aliphatic rings. The van der Waals surface area contributed by atoms with Crippen LogP contribution < -0.4 is 5.32 Å². The zero-order valence-electron chi connectivity index (χ0n) is 8.53. The number of nitrogens with one attached hydrogen (secondary N) is 1. The Bertz CT molecular complexity index is 603. The van der Waals surface area contributed by atoms with Crippen molar-refractivity contribution < 1.29 is 9.72 Å². The second-order valence-electron chi connectivity index (χ2n) is 2.95. The van der Waals surface area contributed by atoms with E-state index in [4.69, 9.17) is 11.6 Å². The van der Waals surface area contributed by atoms with Crippen molar-refractivity contribution in [2.45, 2.75) is 0 Å². The maximum atomic E-state index is 11.8. The van der Waals surface area contributed by atoms with Gasteiger partial charge in [0.1, 0.15) is 11.1 Å². The molecule has 0 spiro atoms. The van der Waals surface area contributed by atoms with Gasteiger partial charge in [-0.25, -0.2) is 4.98 Å². The number of nitrogens with zero attached hydrogens (tertiary/aromatic N) is 4. The van der Waals surface area contributed by atoms with Crippen molar-refractivity contribution >= 4 is 39.7 Å². The minimum Gasteiger partial charge on any atom is -0.296 e. The van der Waals surface area contributed by atoms with Crippen LogP contribution in [-0.4, -0.2) is 26.0 Å². The molecular weight excluding hydrogens is 282 g/mol. The number of rotatable bonds is 3. The largest absolute Gasteiger partial charge is 0.319 e. The number of hydrogen-bond donors (Lipinski definition) is 1. The fourth-order valence-electron chi connectivity index (χ4n) is 1.18. The molecule has 18 heavy (non-hydrogen) atoms. The van der Waals surface area contributed by atoms with E-state index in [0.29, 0.717) is 0 Å². The lowest BCUT2D eigenvalue weighted by atomic mass is 10.2. The number of anilines is 1. The zero-order chi connectivity index (χ0) is 13.1. The lowest BCUT2D eigenvalue weighted by molar-refractivity contribution is -0.385. The minimum atomic E-state index is -0.760. The van der Waals surface area contributed by atoms with Crippen LogP contribution in [0.5, 0.6) is 0 Å². The van der Waals surface area contributed by atoms with E-state index in [1.807, 2.05) is 0 Å². The van der Waals surface area contributed by atoms with Crippen molar-refractivity contribution in [3.63, 3.8) is 0 Å². The number of amides is 1. The SMILES string of the molecule is O=C(Nc1nncs1)c1ccnc(Cl)c1[N+](=O)[O-]. The third-order valence-electron chi connectivity index (χ3n) is 1.89. The van der Waals surface area contributed by atoms with Gasteiger partial charge in [0.15, 0.2) is 0 Å². The van der Waals surface area contributed by atoms with E-state index in [9.17, 15) is 14.9 Å². The van der Waals surface area contributed by atoms with E-state index in [1.165, 1.54) is 17.8 Å². The Hall–Kier alpha value is -2.13. The molecule has 2 heterocycles. The molecule has 1 N–H and O–H groups in total. The standard InChI is InChI=1S/C8H4ClN5O3S/c9-6-5(14(16)17)4(1-2-10-6)7(15)12-8-13-11-3-18-8/h1-3H,(H,12,13,15). The van der Waals surface area contributed by atoms with Gasteiger partial charge in [-0.3, -0.25) is 20.2 Å². The molecule has 0 aromatic carbocycles. The van der Waals surface area contributed by atoms with Crippen molar-refractivity contribution in [1.82, 2.24) is 15.2 Å². The molecule has 92 valence electrons. The summed E-state index contributed by atoms with van der Waals surface area (Å²) in [5.41, 5.74) is 0.695. The zero-order valence-corrected chi connectivity index (χ0v) is 10.1. The predicted molar refractivity (Wildman–Crippen MR) is 63.8 cm³/mol. The maximum absolute atomic E-state index is 11.8. The molecule has 0 atom stereocenters. The summed E-state index contributed by atoms with van der Waals surface area (Å²) in [5, 5.41) is 20.2. The normalized spacial score (nSPS) is 10.1. The lowest BCUT2D eigenvalue weighted by Gasteiger charge is -2.02. The first-order valence-electron chi connectivity index (χ1n) is 4.46. The Morgan fingerprint density at radius 1 is 1.56 bits per heavy atom. The summed E-state index contributed by atoms with van der Waals surface area (Å²) in [6, 6.07) is 1.21. The van der Waals surface area contributed by atoms with Crippen LogP contribution in [0, 0.1) is 10.1 Å². The van der Waals surface area contributed by atoms with Gasteiger partial charge in [-0.1, -0.05) is 22.9 Å². The van der Waals surface area contributed by atoms with Crippen LogP contribution in [0.3, 0.4) is 0 Å². The van der Waals surface area contributed by atoms with Gasteiger partial charge in [-0.05, 0) is 6.07 Å². The highest BCUT2D eigenvalue weighted by atomic mass is 35.5. The molecule has 0 bridgehead atoms. The molecule has 10 heteroatoms. The van der Waals surface area contributed by atoms with Crippen LogP contribution in [0.1, 0.15) is 10.4 Å². The van der Waals surface area contributed by atoms with Crippen LogP contribution in [0.15, 0.2) is 17.8 Å². The summed E-state index contributed by atoms with van der Waals surface area (Å²) >= 11 is 6.68. The van der Waals surface area contributed by atoms with E-state index in [2.05, 4.69) is 20.5 Å². The van der Waals surface area contributed by atoms with Gasteiger partial charge in [0.05, 0.1) is 4.92 Å². The molecular formula is C8H4ClN5O3S. The molecule has 2 rings (SSSR count). The van der Waals surface area contributed by atoms with Crippen LogP contribution >= 0.6 is 22.9 Å². The lowest BCUT2D eigenvalue weighted by Crippen LogP contribution is -2.14. The molecule has 8 nitrogen and oxygen atoms in total. The van der Waals surface area contributed by atoms with Crippen LogP contribution in [0.2, 0.25) is 5.15 Å². The second-order valence-corrected chi connectivity index (χ2v) is 4.14. The summed E-state index contributed by atoms with van der Waals surface area (Å²) < 4.78 is 0. The quantitative estimate of drug-likeness (QED) is 0.522. The van der Waals surface area contributed by atoms with Gasteiger partial charge in [0, 0.05) is 6.20 Å². The predicted octanol–water partition coefficient (Wildman–Crippen LogP) is 1.75. The van der Waals surface area contributed by atoms with Gasteiger partial charge < -0.3 is 0 Å². The van der Waals surface area contributed by atoms with Crippen LogP contribution in [0.4, 0.5) is 10.8 Å². The highest BCUT2D eigenvalue weighted by molar-refractivity contribution is 7.13. The Balaban J connectivity index is 2.36. The van der Waals surface area contributed by atoms with E-state index in [-0.39, 0.29) is 15.8 Å². The third-order valence-corrected chi connectivity index (χ3v) is 2.77. The average molecular weight is 286 g/mol. The molecule has 0 saturated carbocycles. The second kappa shape index (κ2) is 5.02. The highest BCUT2D eigenvalue weighted by Gasteiger charge is 2.25. The number of carbonyl (C=O) groups excluding carboxylic acids is 1. The van der Waals surface area contributed by atoms with E-state index < -0.39 is 16.5 Å². The molecule has 0 radical (unpaired) electrons. The van der Waals surface area contributed by atoms with Gasteiger partial charge in [0.2, 0.25) is 10.3 Å². The Morgan fingerprint density at radius 3 is 2.94 bits per heavy atom. The Kier molecular flexibility index (Phi) is 3.44. The number of aromatic nitrogens is 3. The molecule has 0 unspecified atom stereocenters. The smallest absolute Gasteiger partial charge is 0.296 e. The van der Waals surface area contributed by atoms with Gasteiger partial charge >= 0.3 is 5.69 Å². The van der Waals surface area contributed by atoms with Crippen molar-refractivity contribution in [2.75, 3.05) is 5.32 Å². The summed E-state index contributed by atoms with van der Waals surface area (Å²) in [7, 11) is 0. The molecule has 2 aromatic heterocycles. The van der Waals surface area contributed by atoms with E-state index >= 15 is 0 Å². The number of pyridine rings is 1. The first kappa shape index (κ1) is 12.3. The summed E-state index contributed by atoms with van der Waals surface area (Å²) in [6.07, 6.45) is 1.21. The van der Waals surface area contributed by atoms with Gasteiger partial charge in [-0.2, -0.15) is 0 Å². The summed E-state index contributed by atoms with van der Waals surface area (Å²) in [4.78, 5) is 25.5. The molecule has 2 aromatic rings. The number of halogens is 1. The number of hydrogen-bond acceptors (Lipinski definition) is 7. The summed E-state index contributed by atoms with van der Waals surface area (Å²) in [6.45, 7) is 0. The molecule has 0 saturated heterocycles. The molecule has 0 fully saturated rings. The topological polar surface area (TPSA) is 111 Å². The highest BCUT2D eigenvalue weighted by Crippen LogP contribution is 2.26. The first-order valence-corrected chi connectivity index (χ1v) is 5.71. The van der Waals surface area contributed by atoms with Crippen molar-refractivity contribution in [1.29, 1.82) is 0 Å². The fourth-order valence-corrected chi connectivity index (χ4v) is 1.84. The van der Waals surface area contributed by atoms with Gasteiger partial charge in [0.25, 0.3) is 5.91 Å². The van der Waals surface area contributed by atoms with Gasteiger partial charge in [-0.15, -0.1) is 10.2 Å². The number of nitro groups is 1. The molecule has 0 aliphatic carbocycles. The number of carbonyl (C=O) groups is 1. The fraction of sp³-hybridized carbons (Fsp3) is 0. The molecule has 1 amide bonds. The molecule has 0 aliphatic heterocycles. The monoisotopic (exact) mass is 285 g/mol. The first-order chi connectivity index (χ1) is 8.59. The van der Waals surface area contributed by atoms with Crippen LogP contribution in [-0.2, 0) is 0 Å². The third kappa shape index (κ3) is 2.41. The van der Waals surface area contributed by atoms with E-state index in [0.717, 1.165) is 11.3 Å². The van der Waals surface area contributed by atoms with Crippen LogP contribution in [0.25, 0.3) is 0 Å². The minimum absolute atomic E-state index is 0.185. The Labute approximate surface area is 109 Å².